The van der Waals surface area contributed by atoms with Gasteiger partial charge in [-0.15, -0.1) is 0 Å². The zero-order valence-corrected chi connectivity index (χ0v) is 13.7. The molecule has 3 N–H and O–H groups in total. The van der Waals surface area contributed by atoms with Crippen LogP contribution in [0.2, 0.25) is 0 Å². The van der Waals surface area contributed by atoms with Gasteiger partial charge in [-0.05, 0) is 60.0 Å². The van der Waals surface area contributed by atoms with Gasteiger partial charge in [-0.25, -0.2) is 0 Å². The first-order valence-corrected chi connectivity index (χ1v) is 8.38. The van der Waals surface area contributed by atoms with Crippen molar-refractivity contribution in [3.63, 3.8) is 0 Å². The second kappa shape index (κ2) is 8.45. The van der Waals surface area contributed by atoms with E-state index in [0.29, 0.717) is 24.2 Å². The van der Waals surface area contributed by atoms with Gasteiger partial charge in [0.2, 0.25) is 5.91 Å². The monoisotopic (exact) mass is 332 g/mol. The molecule has 1 atom stereocenters. The van der Waals surface area contributed by atoms with E-state index in [4.69, 9.17) is 5.11 Å². The average Bonchev–Trinajstić information content (AvgIpc) is 3.09. The molecule has 5 nitrogen and oxygen atoms in total. The van der Waals surface area contributed by atoms with Crippen LogP contribution in [0.5, 0.6) is 0 Å². The van der Waals surface area contributed by atoms with Crippen LogP contribution in [0.15, 0.2) is 41.1 Å². The molecule has 1 unspecified atom stereocenters. The minimum absolute atomic E-state index is 0.0492. The molecule has 23 heavy (non-hydrogen) atoms. The summed E-state index contributed by atoms with van der Waals surface area (Å²) in [6.07, 6.45) is 0.528. The predicted molar refractivity (Wildman–Crippen MR) is 91.8 cm³/mol. The molecule has 0 spiro atoms. The maximum absolute atomic E-state index is 12.2. The fourth-order valence-electron chi connectivity index (χ4n) is 2.01. The molecule has 0 aliphatic heterocycles. The molecule has 2 rings (SSSR count). The van der Waals surface area contributed by atoms with Crippen molar-refractivity contribution in [2.24, 2.45) is 0 Å². The molecular weight excluding hydrogens is 312 g/mol. The normalized spacial score (nSPS) is 11.7. The Morgan fingerprint density at radius 2 is 1.96 bits per heavy atom. The summed E-state index contributed by atoms with van der Waals surface area (Å²) in [5, 5.41) is 18.2. The summed E-state index contributed by atoms with van der Waals surface area (Å²) in [5.41, 5.74) is 2.17. The number of hydrogen-bond acceptors (Lipinski definition) is 4. The predicted octanol–water partition coefficient (Wildman–Crippen LogP) is 2.60. The summed E-state index contributed by atoms with van der Waals surface area (Å²) in [5.74, 6) is -0.491. The minimum atomic E-state index is -0.220. The van der Waals surface area contributed by atoms with Gasteiger partial charge in [0.05, 0.1) is 5.92 Å². The van der Waals surface area contributed by atoms with E-state index in [2.05, 4.69) is 10.6 Å². The van der Waals surface area contributed by atoms with Gasteiger partial charge in [0, 0.05) is 24.4 Å². The van der Waals surface area contributed by atoms with Crippen molar-refractivity contribution in [2.75, 3.05) is 18.5 Å². The van der Waals surface area contributed by atoms with Crippen molar-refractivity contribution < 1.29 is 14.7 Å². The van der Waals surface area contributed by atoms with Gasteiger partial charge >= 0.3 is 0 Å². The Kier molecular flexibility index (Phi) is 6.31. The number of hydrogen-bond donors (Lipinski definition) is 3. The first-order chi connectivity index (χ1) is 11.1. The number of aliphatic hydroxyl groups excluding tert-OH is 1. The van der Waals surface area contributed by atoms with Crippen LogP contribution in [0.3, 0.4) is 0 Å². The Labute approximate surface area is 139 Å². The fraction of sp³-hybridized carbons (Fsp3) is 0.294. The average molecular weight is 332 g/mol. The van der Waals surface area contributed by atoms with Crippen molar-refractivity contribution in [2.45, 2.75) is 19.3 Å². The molecule has 0 saturated heterocycles. The number of benzene rings is 1. The van der Waals surface area contributed by atoms with Crippen molar-refractivity contribution in [1.82, 2.24) is 5.32 Å². The summed E-state index contributed by atoms with van der Waals surface area (Å²) in [6.45, 7) is 2.35. The van der Waals surface area contributed by atoms with Crippen LogP contribution in [0.1, 0.15) is 35.2 Å². The summed E-state index contributed by atoms with van der Waals surface area (Å²) in [4.78, 5) is 24.0. The molecule has 0 aliphatic rings. The molecule has 2 aromatic rings. The highest BCUT2D eigenvalue weighted by atomic mass is 32.1. The van der Waals surface area contributed by atoms with Gasteiger partial charge < -0.3 is 15.7 Å². The third-order valence-corrected chi connectivity index (χ3v) is 4.17. The summed E-state index contributed by atoms with van der Waals surface area (Å²) >= 11 is 1.56. The molecular formula is C17H20N2O3S. The van der Waals surface area contributed by atoms with Gasteiger partial charge in [-0.3, -0.25) is 9.59 Å². The largest absolute Gasteiger partial charge is 0.396 e. The highest BCUT2D eigenvalue weighted by molar-refractivity contribution is 7.08. The van der Waals surface area contributed by atoms with Gasteiger partial charge in [0.15, 0.2) is 0 Å². The number of anilines is 1. The lowest BCUT2D eigenvalue weighted by atomic mass is 10.0. The van der Waals surface area contributed by atoms with Crippen LogP contribution in [-0.2, 0) is 4.79 Å². The Hall–Kier alpha value is -2.18. The lowest BCUT2D eigenvalue weighted by molar-refractivity contribution is -0.117. The topological polar surface area (TPSA) is 78.4 Å². The van der Waals surface area contributed by atoms with Gasteiger partial charge in [-0.2, -0.15) is 11.3 Å². The van der Waals surface area contributed by atoms with E-state index in [-0.39, 0.29) is 24.3 Å². The van der Waals surface area contributed by atoms with Crippen molar-refractivity contribution in [3.8, 4) is 0 Å². The van der Waals surface area contributed by atoms with E-state index in [0.717, 1.165) is 5.56 Å². The van der Waals surface area contributed by atoms with Crippen LogP contribution >= 0.6 is 11.3 Å². The molecule has 1 heterocycles. The molecule has 0 saturated carbocycles. The number of thiophene rings is 1. The standard InChI is InChI=1S/C17H20N2O3S/c1-12(14-7-10-23-11-14)16(21)19-15-5-3-13(4-6-15)17(22)18-8-2-9-20/h3-7,10-12,20H,2,8-9H2,1H3,(H,18,22)(H,19,21). The van der Waals surface area contributed by atoms with Gasteiger partial charge in [0.25, 0.3) is 5.91 Å². The highest BCUT2D eigenvalue weighted by Gasteiger charge is 2.15. The zero-order valence-electron chi connectivity index (χ0n) is 12.9. The van der Waals surface area contributed by atoms with Crippen LogP contribution in [0, 0.1) is 0 Å². The lowest BCUT2D eigenvalue weighted by Crippen LogP contribution is -2.25. The minimum Gasteiger partial charge on any atom is -0.396 e. The summed E-state index contributed by atoms with van der Waals surface area (Å²) in [6, 6.07) is 8.69. The van der Waals surface area contributed by atoms with Crippen LogP contribution in [0.4, 0.5) is 5.69 Å². The van der Waals surface area contributed by atoms with Crippen molar-refractivity contribution >= 4 is 28.8 Å². The Balaban J connectivity index is 1.92. The van der Waals surface area contributed by atoms with Crippen molar-refractivity contribution in [1.29, 1.82) is 0 Å². The van der Waals surface area contributed by atoms with E-state index in [1.165, 1.54) is 0 Å². The van der Waals surface area contributed by atoms with Crippen LogP contribution < -0.4 is 10.6 Å². The Morgan fingerprint density at radius 1 is 1.22 bits per heavy atom. The molecule has 0 bridgehead atoms. The summed E-state index contributed by atoms with van der Waals surface area (Å²) < 4.78 is 0. The zero-order chi connectivity index (χ0) is 16.7. The molecule has 0 radical (unpaired) electrons. The third-order valence-electron chi connectivity index (χ3n) is 3.47. The van der Waals surface area contributed by atoms with Crippen LogP contribution in [-0.4, -0.2) is 30.1 Å². The number of rotatable bonds is 7. The molecule has 0 fully saturated rings. The Morgan fingerprint density at radius 3 is 2.57 bits per heavy atom. The molecule has 1 aromatic heterocycles. The van der Waals surface area contributed by atoms with Gasteiger partial charge in [0.1, 0.15) is 0 Å². The smallest absolute Gasteiger partial charge is 0.251 e. The molecule has 1 aromatic carbocycles. The first kappa shape index (κ1) is 17.2. The van der Waals surface area contributed by atoms with Gasteiger partial charge in [-0.1, -0.05) is 0 Å². The fourth-order valence-corrected chi connectivity index (χ4v) is 2.77. The highest BCUT2D eigenvalue weighted by Crippen LogP contribution is 2.20. The summed E-state index contributed by atoms with van der Waals surface area (Å²) in [7, 11) is 0. The van der Waals surface area contributed by atoms with Crippen LogP contribution in [0.25, 0.3) is 0 Å². The van der Waals surface area contributed by atoms with E-state index in [1.807, 2.05) is 23.8 Å². The number of carbonyl (C=O) groups excluding carboxylic acids is 2. The SMILES string of the molecule is CC(C(=O)Nc1ccc(C(=O)NCCCO)cc1)c1ccsc1. The number of aliphatic hydroxyl groups is 1. The quantitative estimate of drug-likeness (QED) is 0.682. The van der Waals surface area contributed by atoms with E-state index in [1.54, 1.807) is 35.6 Å². The second-order valence-electron chi connectivity index (χ2n) is 5.18. The maximum atomic E-state index is 12.2. The second-order valence-corrected chi connectivity index (χ2v) is 5.96. The van der Waals surface area contributed by atoms with Crippen molar-refractivity contribution in [3.05, 3.63) is 52.2 Å². The third kappa shape index (κ3) is 4.91. The lowest BCUT2D eigenvalue weighted by Gasteiger charge is -2.11. The molecule has 6 heteroatoms. The maximum Gasteiger partial charge on any atom is 0.251 e. The number of amides is 2. The first-order valence-electron chi connectivity index (χ1n) is 7.44. The van der Waals surface area contributed by atoms with E-state index in [9.17, 15) is 9.59 Å². The number of carbonyl (C=O) groups is 2. The molecule has 122 valence electrons. The molecule has 0 aliphatic carbocycles. The molecule has 2 amide bonds. The van der Waals surface area contributed by atoms with E-state index >= 15 is 0 Å². The number of nitrogens with one attached hydrogen (secondary N) is 2. The Bertz CT molecular complexity index is 638. The van der Waals surface area contributed by atoms with E-state index < -0.39 is 0 Å².